The highest BCUT2D eigenvalue weighted by atomic mass is 79.9. The van der Waals surface area contributed by atoms with Gasteiger partial charge in [-0.25, -0.2) is 4.39 Å². The number of halogens is 2. The van der Waals surface area contributed by atoms with E-state index in [1.807, 2.05) is 0 Å². The average molecular weight is 343 g/mol. The van der Waals surface area contributed by atoms with Gasteiger partial charge in [-0.1, -0.05) is 15.9 Å². The van der Waals surface area contributed by atoms with Crippen LogP contribution in [-0.2, 0) is 4.79 Å². The van der Waals surface area contributed by atoms with Crippen molar-refractivity contribution in [3.05, 3.63) is 34.1 Å². The maximum Gasteiger partial charge on any atom is 0.254 e. The molecule has 6 heteroatoms. The van der Waals surface area contributed by atoms with Crippen molar-refractivity contribution >= 4 is 27.7 Å². The van der Waals surface area contributed by atoms with Crippen LogP contribution >= 0.6 is 15.9 Å². The van der Waals surface area contributed by atoms with Crippen LogP contribution in [0.15, 0.2) is 22.7 Å². The number of carbonyl (C=O) groups is 2. The summed E-state index contributed by atoms with van der Waals surface area (Å²) in [7, 11) is 0. The van der Waals surface area contributed by atoms with Crippen molar-refractivity contribution in [1.29, 1.82) is 0 Å². The fraction of sp³-hybridized carbons (Fsp3) is 0.429. The first-order chi connectivity index (χ1) is 9.47. The minimum atomic E-state index is -0.535. The number of benzene rings is 1. The predicted octanol–water partition coefficient (Wildman–Crippen LogP) is 2.33. The predicted molar refractivity (Wildman–Crippen MR) is 76.8 cm³/mol. The van der Waals surface area contributed by atoms with Gasteiger partial charge in [0.2, 0.25) is 5.91 Å². The third-order valence-corrected chi connectivity index (χ3v) is 3.94. The van der Waals surface area contributed by atoms with E-state index >= 15 is 0 Å². The Morgan fingerprint density at radius 3 is 2.60 bits per heavy atom. The van der Waals surface area contributed by atoms with E-state index in [0.717, 1.165) is 0 Å². The highest BCUT2D eigenvalue weighted by Crippen LogP contribution is 2.17. The van der Waals surface area contributed by atoms with Gasteiger partial charge in [0.15, 0.2) is 0 Å². The third-order valence-electron chi connectivity index (χ3n) is 3.45. The fourth-order valence-electron chi connectivity index (χ4n) is 2.27. The lowest BCUT2D eigenvalue weighted by Crippen LogP contribution is -2.46. The second-order valence-electron chi connectivity index (χ2n) is 4.88. The Morgan fingerprint density at radius 2 is 2.00 bits per heavy atom. The normalized spacial score (nSPS) is 16.1. The molecule has 0 atom stereocenters. The van der Waals surface area contributed by atoms with E-state index in [1.54, 1.807) is 11.0 Å². The summed E-state index contributed by atoms with van der Waals surface area (Å²) >= 11 is 3.22. The summed E-state index contributed by atoms with van der Waals surface area (Å²) in [6.45, 7) is 2.79. The quantitative estimate of drug-likeness (QED) is 0.896. The van der Waals surface area contributed by atoms with E-state index < -0.39 is 11.7 Å². The van der Waals surface area contributed by atoms with E-state index in [9.17, 15) is 14.0 Å². The van der Waals surface area contributed by atoms with Crippen LogP contribution in [0, 0.1) is 5.82 Å². The van der Waals surface area contributed by atoms with Gasteiger partial charge in [-0.15, -0.1) is 0 Å². The van der Waals surface area contributed by atoms with Crippen LogP contribution in [0.3, 0.4) is 0 Å². The Hall–Kier alpha value is -1.43. The molecule has 1 N–H and O–H groups in total. The van der Waals surface area contributed by atoms with Gasteiger partial charge in [0.1, 0.15) is 5.82 Å². The van der Waals surface area contributed by atoms with Crippen LogP contribution in [0.2, 0.25) is 0 Å². The van der Waals surface area contributed by atoms with Crippen LogP contribution < -0.4 is 5.32 Å². The van der Waals surface area contributed by atoms with Gasteiger partial charge in [-0.05, 0) is 31.0 Å². The molecule has 108 valence electrons. The van der Waals surface area contributed by atoms with Crippen molar-refractivity contribution in [2.24, 2.45) is 0 Å². The average Bonchev–Trinajstić information content (AvgIpc) is 2.42. The number of piperidine rings is 1. The highest BCUT2D eigenvalue weighted by Gasteiger charge is 2.23. The van der Waals surface area contributed by atoms with Crippen LogP contribution in [0.1, 0.15) is 30.1 Å². The van der Waals surface area contributed by atoms with Crippen LogP contribution in [0.4, 0.5) is 4.39 Å². The first-order valence-corrected chi connectivity index (χ1v) is 7.28. The number of carbonyl (C=O) groups excluding carboxylic acids is 2. The van der Waals surface area contributed by atoms with Crippen molar-refractivity contribution in [2.45, 2.75) is 25.8 Å². The molecule has 1 heterocycles. The zero-order valence-electron chi connectivity index (χ0n) is 11.2. The van der Waals surface area contributed by atoms with Crippen molar-refractivity contribution in [2.75, 3.05) is 13.1 Å². The molecule has 4 nitrogen and oxygen atoms in total. The molecule has 0 radical (unpaired) electrons. The lowest BCUT2D eigenvalue weighted by molar-refractivity contribution is -0.129. The Kier molecular flexibility index (Phi) is 4.75. The SMILES string of the molecule is CC(=O)N1CCC(NC(=O)c2cc(Br)ccc2F)CC1. The number of hydrogen-bond acceptors (Lipinski definition) is 2. The summed E-state index contributed by atoms with van der Waals surface area (Å²) in [6.07, 6.45) is 1.39. The van der Waals surface area contributed by atoms with Crippen molar-refractivity contribution in [3.63, 3.8) is 0 Å². The molecule has 1 aliphatic heterocycles. The van der Waals surface area contributed by atoms with Gasteiger partial charge in [0.25, 0.3) is 5.91 Å². The third kappa shape index (κ3) is 3.56. The largest absolute Gasteiger partial charge is 0.349 e. The monoisotopic (exact) mass is 342 g/mol. The van der Waals surface area contributed by atoms with Crippen LogP contribution in [0.5, 0.6) is 0 Å². The maximum absolute atomic E-state index is 13.6. The number of nitrogens with one attached hydrogen (secondary N) is 1. The summed E-state index contributed by atoms with van der Waals surface area (Å²) < 4.78 is 14.3. The molecule has 1 aromatic carbocycles. The van der Waals surface area contributed by atoms with Gasteiger partial charge in [0.05, 0.1) is 5.56 Å². The Morgan fingerprint density at radius 1 is 1.35 bits per heavy atom. The Bertz CT molecular complexity index is 528. The second-order valence-corrected chi connectivity index (χ2v) is 5.79. The molecule has 1 saturated heterocycles. The zero-order valence-corrected chi connectivity index (χ0v) is 12.7. The Balaban J connectivity index is 1.96. The molecule has 2 rings (SSSR count). The smallest absolute Gasteiger partial charge is 0.254 e. The molecule has 1 fully saturated rings. The lowest BCUT2D eigenvalue weighted by Gasteiger charge is -2.31. The van der Waals surface area contributed by atoms with Crippen molar-refractivity contribution in [3.8, 4) is 0 Å². The van der Waals surface area contributed by atoms with Crippen LogP contribution in [-0.4, -0.2) is 35.8 Å². The van der Waals surface area contributed by atoms with E-state index in [-0.39, 0.29) is 17.5 Å². The van der Waals surface area contributed by atoms with E-state index in [1.165, 1.54) is 19.1 Å². The maximum atomic E-state index is 13.6. The van der Waals surface area contributed by atoms with E-state index in [2.05, 4.69) is 21.2 Å². The molecule has 0 aromatic heterocycles. The van der Waals surface area contributed by atoms with Gasteiger partial charge in [-0.2, -0.15) is 0 Å². The van der Waals surface area contributed by atoms with Crippen molar-refractivity contribution < 1.29 is 14.0 Å². The molecule has 0 bridgehead atoms. The molecule has 0 aliphatic carbocycles. The summed E-state index contributed by atoms with van der Waals surface area (Å²) in [6, 6.07) is 4.26. The van der Waals surface area contributed by atoms with Gasteiger partial charge < -0.3 is 10.2 Å². The van der Waals surface area contributed by atoms with Crippen molar-refractivity contribution in [1.82, 2.24) is 10.2 Å². The summed E-state index contributed by atoms with van der Waals surface area (Å²) in [4.78, 5) is 25.0. The minimum absolute atomic E-state index is 0.0171. The summed E-state index contributed by atoms with van der Waals surface area (Å²) in [5.41, 5.74) is 0.0355. The fourth-order valence-corrected chi connectivity index (χ4v) is 2.63. The summed E-state index contributed by atoms with van der Waals surface area (Å²) in [5, 5.41) is 2.82. The van der Waals surface area contributed by atoms with Gasteiger partial charge >= 0.3 is 0 Å². The molecule has 2 amide bonds. The molecule has 0 saturated carbocycles. The molecule has 0 unspecified atom stereocenters. The van der Waals surface area contributed by atoms with E-state index in [4.69, 9.17) is 0 Å². The minimum Gasteiger partial charge on any atom is -0.349 e. The Labute approximate surface area is 125 Å². The molecular weight excluding hydrogens is 327 g/mol. The molecule has 1 aliphatic rings. The highest BCUT2D eigenvalue weighted by molar-refractivity contribution is 9.10. The summed E-state index contributed by atoms with van der Waals surface area (Å²) in [5.74, 6) is -0.898. The number of nitrogens with zero attached hydrogens (tertiary/aromatic N) is 1. The molecule has 1 aromatic rings. The first kappa shape index (κ1) is 15.0. The zero-order chi connectivity index (χ0) is 14.7. The first-order valence-electron chi connectivity index (χ1n) is 6.49. The standard InChI is InChI=1S/C14H16BrFN2O2/c1-9(19)18-6-4-11(5-7-18)17-14(20)12-8-10(15)2-3-13(12)16/h2-3,8,11H,4-7H2,1H3,(H,17,20). The lowest BCUT2D eigenvalue weighted by atomic mass is 10.0. The molecular formula is C14H16BrFN2O2. The van der Waals surface area contributed by atoms with Crippen LogP contribution in [0.25, 0.3) is 0 Å². The van der Waals surface area contributed by atoms with Gasteiger partial charge in [-0.3, -0.25) is 9.59 Å². The number of rotatable bonds is 2. The van der Waals surface area contributed by atoms with Gasteiger partial charge in [0, 0.05) is 30.5 Å². The topological polar surface area (TPSA) is 49.4 Å². The molecule has 20 heavy (non-hydrogen) atoms. The number of likely N-dealkylation sites (tertiary alicyclic amines) is 1. The number of amides is 2. The molecule has 0 spiro atoms. The number of hydrogen-bond donors (Lipinski definition) is 1. The second kappa shape index (κ2) is 6.35. The van der Waals surface area contributed by atoms with E-state index in [0.29, 0.717) is 30.4 Å².